The Labute approximate surface area is 51.7 Å². The Morgan fingerprint density at radius 2 is 2.12 bits per heavy atom. The number of hydrogen-bond acceptors (Lipinski definition) is 1. The first-order valence-corrected chi connectivity index (χ1v) is 3.51. The largest absolute Gasteiger partial charge is 0.306 e. The van der Waals surface area contributed by atoms with Crippen molar-refractivity contribution >= 4 is 0 Å². The number of rotatable bonds is 2. The van der Waals surface area contributed by atoms with Crippen LogP contribution in [0.4, 0.5) is 0 Å². The van der Waals surface area contributed by atoms with Gasteiger partial charge in [0, 0.05) is 13.1 Å². The molecule has 0 amide bonds. The molecular weight excluding hydrogens is 98.1 g/mol. The Balaban J connectivity index is 1.98. The Bertz CT molecular complexity index is 62.0. The lowest BCUT2D eigenvalue weighted by Gasteiger charge is -2.35. The van der Waals surface area contributed by atoms with Crippen molar-refractivity contribution < 1.29 is 0 Å². The second kappa shape index (κ2) is 2.49. The van der Waals surface area contributed by atoms with Gasteiger partial charge in [0.25, 0.3) is 0 Å². The molecule has 0 bridgehead atoms. The summed E-state index contributed by atoms with van der Waals surface area (Å²) in [4.78, 5) is 2.38. The van der Waals surface area contributed by atoms with Gasteiger partial charge in [0.15, 0.2) is 0 Å². The van der Waals surface area contributed by atoms with Crippen molar-refractivity contribution in [3.63, 3.8) is 0 Å². The first kappa shape index (κ1) is 6.09. The van der Waals surface area contributed by atoms with Crippen molar-refractivity contribution in [1.82, 2.24) is 4.90 Å². The molecule has 0 aliphatic carbocycles. The lowest BCUT2D eigenvalue weighted by atomic mass is 9.96. The molecule has 1 rings (SSSR count). The molecule has 0 atom stereocenters. The summed E-state index contributed by atoms with van der Waals surface area (Å²) in [6.45, 7) is 4.94. The Hall–Kier alpha value is -0.0400. The molecule has 8 heavy (non-hydrogen) atoms. The first-order chi connectivity index (χ1) is 3.83. The minimum Gasteiger partial charge on any atom is -0.306 e. The van der Waals surface area contributed by atoms with Crippen LogP contribution < -0.4 is 0 Å². The fourth-order valence-electron chi connectivity index (χ4n) is 1.42. The summed E-state index contributed by atoms with van der Waals surface area (Å²) in [5, 5.41) is 0. The fraction of sp³-hybridized carbons (Fsp3) is 1.00. The Morgan fingerprint density at radius 1 is 1.50 bits per heavy atom. The van der Waals surface area contributed by atoms with E-state index in [4.69, 9.17) is 0 Å². The maximum absolute atomic E-state index is 2.38. The van der Waals surface area contributed by atoms with Crippen LogP contribution in [0, 0.1) is 5.92 Å². The van der Waals surface area contributed by atoms with E-state index in [2.05, 4.69) is 18.9 Å². The molecule has 1 aliphatic rings. The predicted octanol–water partition coefficient (Wildman–Crippen LogP) is 1.35. The second-order valence-corrected chi connectivity index (χ2v) is 2.88. The highest BCUT2D eigenvalue weighted by Gasteiger charge is 2.21. The molecule has 1 heterocycles. The fourth-order valence-corrected chi connectivity index (χ4v) is 1.42. The van der Waals surface area contributed by atoms with Crippen LogP contribution in [0.25, 0.3) is 0 Å². The van der Waals surface area contributed by atoms with Gasteiger partial charge in [-0.1, -0.05) is 13.3 Å². The summed E-state index contributed by atoms with van der Waals surface area (Å²) in [6.07, 6.45) is 2.79. The van der Waals surface area contributed by atoms with Crippen LogP contribution in [0.3, 0.4) is 0 Å². The molecule has 0 saturated carbocycles. The standard InChI is InChI=1S/C7H15N/c1-3-4-7-5-8(2)6-7/h7H,3-6H2,1-2H3. The van der Waals surface area contributed by atoms with E-state index in [0.29, 0.717) is 0 Å². The van der Waals surface area contributed by atoms with Crippen LogP contribution in [-0.2, 0) is 0 Å². The topological polar surface area (TPSA) is 3.24 Å². The summed E-state index contributed by atoms with van der Waals surface area (Å²) < 4.78 is 0. The lowest BCUT2D eigenvalue weighted by Crippen LogP contribution is -2.43. The Morgan fingerprint density at radius 3 is 2.50 bits per heavy atom. The Kier molecular flexibility index (Phi) is 1.90. The highest BCUT2D eigenvalue weighted by molar-refractivity contribution is 4.75. The van der Waals surface area contributed by atoms with E-state index in [1.54, 1.807) is 0 Å². The van der Waals surface area contributed by atoms with E-state index >= 15 is 0 Å². The highest BCUT2D eigenvalue weighted by atomic mass is 15.2. The zero-order valence-electron chi connectivity index (χ0n) is 5.85. The number of nitrogens with zero attached hydrogens (tertiary/aromatic N) is 1. The van der Waals surface area contributed by atoms with E-state index in [9.17, 15) is 0 Å². The molecule has 0 spiro atoms. The van der Waals surface area contributed by atoms with Gasteiger partial charge in [-0.05, 0) is 19.4 Å². The van der Waals surface area contributed by atoms with E-state index in [-0.39, 0.29) is 0 Å². The molecule has 0 unspecified atom stereocenters. The molecule has 0 aromatic rings. The summed E-state index contributed by atoms with van der Waals surface area (Å²) in [5.74, 6) is 1.03. The number of hydrogen-bond donors (Lipinski definition) is 0. The number of likely N-dealkylation sites (tertiary alicyclic amines) is 1. The van der Waals surface area contributed by atoms with Crippen LogP contribution in [0.5, 0.6) is 0 Å². The van der Waals surface area contributed by atoms with Crippen molar-refractivity contribution in [2.24, 2.45) is 5.92 Å². The normalized spacial score (nSPS) is 23.2. The van der Waals surface area contributed by atoms with Gasteiger partial charge in [-0.25, -0.2) is 0 Å². The minimum absolute atomic E-state index is 1.03. The van der Waals surface area contributed by atoms with Crippen LogP contribution in [0.15, 0.2) is 0 Å². The van der Waals surface area contributed by atoms with E-state index < -0.39 is 0 Å². The van der Waals surface area contributed by atoms with Gasteiger partial charge in [-0.2, -0.15) is 0 Å². The SMILES string of the molecule is CCCC1CN(C)C1. The van der Waals surface area contributed by atoms with E-state index in [1.165, 1.54) is 25.9 Å². The molecular formula is C7H15N. The average Bonchev–Trinajstić information content (AvgIpc) is 1.64. The third-order valence-electron chi connectivity index (χ3n) is 1.84. The molecule has 1 aliphatic heterocycles. The zero-order chi connectivity index (χ0) is 5.98. The molecule has 48 valence electrons. The maximum atomic E-state index is 2.38. The van der Waals surface area contributed by atoms with Gasteiger partial charge in [-0.3, -0.25) is 0 Å². The third-order valence-corrected chi connectivity index (χ3v) is 1.84. The molecule has 0 radical (unpaired) electrons. The van der Waals surface area contributed by atoms with E-state index in [0.717, 1.165) is 5.92 Å². The van der Waals surface area contributed by atoms with Crippen molar-refractivity contribution in [3.8, 4) is 0 Å². The summed E-state index contributed by atoms with van der Waals surface area (Å²) in [6, 6.07) is 0. The molecule has 1 fully saturated rings. The zero-order valence-corrected chi connectivity index (χ0v) is 5.85. The van der Waals surface area contributed by atoms with Gasteiger partial charge in [0.05, 0.1) is 0 Å². The predicted molar refractivity (Wildman–Crippen MR) is 35.9 cm³/mol. The van der Waals surface area contributed by atoms with Crippen LogP contribution >= 0.6 is 0 Å². The van der Waals surface area contributed by atoms with Crippen molar-refractivity contribution in [2.75, 3.05) is 20.1 Å². The van der Waals surface area contributed by atoms with Crippen LogP contribution in [0.2, 0.25) is 0 Å². The molecule has 0 N–H and O–H groups in total. The van der Waals surface area contributed by atoms with E-state index in [1.807, 2.05) is 0 Å². The van der Waals surface area contributed by atoms with Crippen molar-refractivity contribution in [1.29, 1.82) is 0 Å². The summed E-state index contributed by atoms with van der Waals surface area (Å²) >= 11 is 0. The van der Waals surface area contributed by atoms with Crippen LogP contribution in [-0.4, -0.2) is 25.0 Å². The minimum atomic E-state index is 1.03. The monoisotopic (exact) mass is 113 g/mol. The molecule has 0 aromatic heterocycles. The van der Waals surface area contributed by atoms with Gasteiger partial charge in [-0.15, -0.1) is 0 Å². The van der Waals surface area contributed by atoms with Crippen LogP contribution in [0.1, 0.15) is 19.8 Å². The summed E-state index contributed by atoms with van der Waals surface area (Å²) in [7, 11) is 2.19. The molecule has 0 aromatic carbocycles. The molecule has 1 nitrogen and oxygen atoms in total. The highest BCUT2D eigenvalue weighted by Crippen LogP contribution is 2.17. The quantitative estimate of drug-likeness (QED) is 0.522. The summed E-state index contributed by atoms with van der Waals surface area (Å²) in [5.41, 5.74) is 0. The average molecular weight is 113 g/mol. The van der Waals surface area contributed by atoms with Gasteiger partial charge < -0.3 is 4.90 Å². The first-order valence-electron chi connectivity index (χ1n) is 3.51. The molecule has 1 heteroatoms. The molecule has 1 saturated heterocycles. The third kappa shape index (κ3) is 1.22. The second-order valence-electron chi connectivity index (χ2n) is 2.88. The van der Waals surface area contributed by atoms with Gasteiger partial charge >= 0.3 is 0 Å². The van der Waals surface area contributed by atoms with Crippen molar-refractivity contribution in [2.45, 2.75) is 19.8 Å². The maximum Gasteiger partial charge on any atom is 0.00190 e. The lowest BCUT2D eigenvalue weighted by molar-refractivity contribution is 0.126. The van der Waals surface area contributed by atoms with Gasteiger partial charge in [0.1, 0.15) is 0 Å². The smallest absolute Gasteiger partial charge is 0.00190 e. The van der Waals surface area contributed by atoms with Gasteiger partial charge in [0.2, 0.25) is 0 Å². The van der Waals surface area contributed by atoms with Crippen molar-refractivity contribution in [3.05, 3.63) is 0 Å².